The molecular formula is C14H24N2O2. The Morgan fingerprint density at radius 1 is 1.11 bits per heavy atom. The Kier molecular flexibility index (Phi) is 5.44. The van der Waals surface area contributed by atoms with E-state index in [0.717, 1.165) is 18.7 Å². The SMILES string of the molecule is CC(NCCN(C)C(C)C)c1cc(O)cc(O)c1. The number of hydrogen-bond acceptors (Lipinski definition) is 4. The summed E-state index contributed by atoms with van der Waals surface area (Å²) in [5.41, 5.74) is 0.889. The fourth-order valence-electron chi connectivity index (χ4n) is 1.70. The largest absolute Gasteiger partial charge is 0.508 e. The Morgan fingerprint density at radius 2 is 1.67 bits per heavy atom. The molecule has 0 heterocycles. The van der Waals surface area contributed by atoms with Gasteiger partial charge in [-0.05, 0) is 45.5 Å². The summed E-state index contributed by atoms with van der Waals surface area (Å²) in [5, 5.41) is 22.2. The number of benzene rings is 1. The molecular weight excluding hydrogens is 228 g/mol. The molecule has 0 aliphatic rings. The maximum absolute atomic E-state index is 9.43. The van der Waals surface area contributed by atoms with Gasteiger partial charge in [0.2, 0.25) is 0 Å². The molecule has 1 aromatic rings. The highest BCUT2D eigenvalue weighted by atomic mass is 16.3. The van der Waals surface area contributed by atoms with Gasteiger partial charge in [0.05, 0.1) is 0 Å². The first kappa shape index (κ1) is 14.8. The summed E-state index contributed by atoms with van der Waals surface area (Å²) in [7, 11) is 2.09. The second-order valence-corrected chi connectivity index (χ2v) is 5.03. The molecule has 4 nitrogen and oxygen atoms in total. The minimum absolute atomic E-state index is 0.0953. The number of nitrogens with one attached hydrogen (secondary N) is 1. The third-order valence-electron chi connectivity index (χ3n) is 3.22. The maximum atomic E-state index is 9.43. The van der Waals surface area contributed by atoms with Crippen LogP contribution in [0.3, 0.4) is 0 Å². The monoisotopic (exact) mass is 252 g/mol. The predicted molar refractivity (Wildman–Crippen MR) is 74.0 cm³/mol. The Hall–Kier alpha value is -1.26. The molecule has 0 amide bonds. The third-order valence-corrected chi connectivity index (χ3v) is 3.22. The Balaban J connectivity index is 2.47. The van der Waals surface area contributed by atoms with Crippen LogP contribution in [0.4, 0.5) is 0 Å². The van der Waals surface area contributed by atoms with Crippen LogP contribution >= 0.6 is 0 Å². The smallest absolute Gasteiger partial charge is 0.119 e. The van der Waals surface area contributed by atoms with Crippen LogP contribution in [0.25, 0.3) is 0 Å². The summed E-state index contributed by atoms with van der Waals surface area (Å²) in [6.07, 6.45) is 0. The van der Waals surface area contributed by atoms with Crippen molar-refractivity contribution in [3.63, 3.8) is 0 Å². The van der Waals surface area contributed by atoms with Crippen LogP contribution in [0.2, 0.25) is 0 Å². The average Bonchev–Trinajstić information content (AvgIpc) is 2.27. The van der Waals surface area contributed by atoms with Gasteiger partial charge in [-0.25, -0.2) is 0 Å². The first-order valence-corrected chi connectivity index (χ1v) is 6.36. The number of phenols is 2. The molecule has 0 aromatic heterocycles. The standard InChI is InChI=1S/C14H24N2O2/c1-10(2)16(4)6-5-15-11(3)12-7-13(17)9-14(18)8-12/h7-11,15,17-18H,5-6H2,1-4H3. The average molecular weight is 252 g/mol. The summed E-state index contributed by atoms with van der Waals surface area (Å²) in [5.74, 6) is 0.191. The highest BCUT2D eigenvalue weighted by Gasteiger charge is 2.08. The number of nitrogens with zero attached hydrogens (tertiary/aromatic N) is 1. The molecule has 1 unspecified atom stereocenters. The fourth-order valence-corrected chi connectivity index (χ4v) is 1.70. The topological polar surface area (TPSA) is 55.7 Å². The van der Waals surface area contributed by atoms with Crippen LogP contribution in [0.15, 0.2) is 18.2 Å². The van der Waals surface area contributed by atoms with Crippen molar-refractivity contribution in [1.29, 1.82) is 0 Å². The normalized spacial score (nSPS) is 13.2. The van der Waals surface area contributed by atoms with E-state index in [4.69, 9.17) is 0 Å². The van der Waals surface area contributed by atoms with Gasteiger partial charge in [-0.1, -0.05) is 0 Å². The molecule has 4 heteroatoms. The van der Waals surface area contributed by atoms with Crippen molar-refractivity contribution < 1.29 is 10.2 Å². The van der Waals surface area contributed by atoms with E-state index in [2.05, 4.69) is 31.1 Å². The lowest BCUT2D eigenvalue weighted by atomic mass is 10.1. The maximum Gasteiger partial charge on any atom is 0.119 e. The van der Waals surface area contributed by atoms with Crippen LogP contribution < -0.4 is 5.32 Å². The van der Waals surface area contributed by atoms with Gasteiger partial charge in [-0.2, -0.15) is 0 Å². The van der Waals surface area contributed by atoms with E-state index in [1.807, 2.05) is 6.92 Å². The molecule has 0 fully saturated rings. The van der Waals surface area contributed by atoms with E-state index in [1.165, 1.54) is 6.07 Å². The van der Waals surface area contributed by atoms with Crippen molar-refractivity contribution in [2.75, 3.05) is 20.1 Å². The molecule has 0 saturated carbocycles. The van der Waals surface area contributed by atoms with Gasteiger partial charge in [-0.3, -0.25) is 0 Å². The molecule has 1 rings (SSSR count). The first-order valence-electron chi connectivity index (χ1n) is 6.36. The summed E-state index contributed by atoms with van der Waals surface area (Å²) in [6, 6.07) is 5.31. The summed E-state index contributed by atoms with van der Waals surface area (Å²) >= 11 is 0. The van der Waals surface area contributed by atoms with E-state index in [-0.39, 0.29) is 17.5 Å². The molecule has 0 radical (unpaired) electrons. The zero-order valence-corrected chi connectivity index (χ0v) is 11.6. The summed E-state index contributed by atoms with van der Waals surface area (Å²) in [4.78, 5) is 2.26. The van der Waals surface area contributed by atoms with Gasteiger partial charge in [0, 0.05) is 31.2 Å². The van der Waals surface area contributed by atoms with Gasteiger partial charge in [0.15, 0.2) is 0 Å². The number of phenolic OH excluding ortho intramolecular Hbond substituents is 2. The number of aromatic hydroxyl groups is 2. The third kappa shape index (κ3) is 4.55. The highest BCUT2D eigenvalue weighted by Crippen LogP contribution is 2.24. The highest BCUT2D eigenvalue weighted by molar-refractivity contribution is 5.37. The van der Waals surface area contributed by atoms with Crippen molar-refractivity contribution in [2.24, 2.45) is 0 Å². The fraction of sp³-hybridized carbons (Fsp3) is 0.571. The molecule has 1 atom stereocenters. The van der Waals surface area contributed by atoms with Crippen molar-refractivity contribution in [2.45, 2.75) is 32.9 Å². The minimum atomic E-state index is 0.0953. The van der Waals surface area contributed by atoms with Gasteiger partial charge in [0.1, 0.15) is 11.5 Å². The number of likely N-dealkylation sites (N-methyl/N-ethyl adjacent to an activating group) is 1. The van der Waals surface area contributed by atoms with Gasteiger partial charge in [0.25, 0.3) is 0 Å². The van der Waals surface area contributed by atoms with Crippen molar-refractivity contribution in [3.05, 3.63) is 23.8 Å². The van der Waals surface area contributed by atoms with Gasteiger partial charge in [-0.15, -0.1) is 0 Å². The van der Waals surface area contributed by atoms with Crippen LogP contribution in [0.5, 0.6) is 11.5 Å². The lowest BCUT2D eigenvalue weighted by Crippen LogP contribution is -2.34. The Bertz CT molecular complexity index is 360. The summed E-state index contributed by atoms with van der Waals surface area (Å²) in [6.45, 7) is 8.18. The van der Waals surface area contributed by atoms with E-state index in [1.54, 1.807) is 12.1 Å². The lowest BCUT2D eigenvalue weighted by Gasteiger charge is -2.22. The van der Waals surface area contributed by atoms with E-state index < -0.39 is 0 Å². The molecule has 0 saturated heterocycles. The second-order valence-electron chi connectivity index (χ2n) is 5.03. The van der Waals surface area contributed by atoms with E-state index >= 15 is 0 Å². The predicted octanol–water partition coefficient (Wildman–Crippen LogP) is 2.09. The zero-order valence-electron chi connectivity index (χ0n) is 11.6. The molecule has 102 valence electrons. The van der Waals surface area contributed by atoms with Crippen LogP contribution in [-0.2, 0) is 0 Å². The molecule has 0 bridgehead atoms. The van der Waals surface area contributed by atoms with E-state index in [9.17, 15) is 10.2 Å². The van der Waals surface area contributed by atoms with Gasteiger partial charge >= 0.3 is 0 Å². The quantitative estimate of drug-likeness (QED) is 0.725. The first-order chi connectivity index (χ1) is 8.40. The molecule has 0 aliphatic carbocycles. The van der Waals surface area contributed by atoms with Crippen LogP contribution in [-0.4, -0.2) is 41.3 Å². The molecule has 0 aliphatic heterocycles. The number of hydrogen-bond donors (Lipinski definition) is 3. The Labute approximate surface area is 109 Å². The molecule has 0 spiro atoms. The van der Waals surface area contributed by atoms with Crippen molar-refractivity contribution >= 4 is 0 Å². The minimum Gasteiger partial charge on any atom is -0.508 e. The lowest BCUT2D eigenvalue weighted by molar-refractivity contribution is 0.270. The molecule has 3 N–H and O–H groups in total. The molecule has 18 heavy (non-hydrogen) atoms. The zero-order chi connectivity index (χ0) is 13.7. The van der Waals surface area contributed by atoms with Crippen molar-refractivity contribution in [3.8, 4) is 11.5 Å². The molecule has 1 aromatic carbocycles. The van der Waals surface area contributed by atoms with Gasteiger partial charge < -0.3 is 20.4 Å². The number of rotatable bonds is 6. The van der Waals surface area contributed by atoms with Crippen LogP contribution in [0.1, 0.15) is 32.4 Å². The van der Waals surface area contributed by atoms with E-state index in [0.29, 0.717) is 6.04 Å². The summed E-state index contributed by atoms with van der Waals surface area (Å²) < 4.78 is 0. The Morgan fingerprint density at radius 3 is 2.17 bits per heavy atom. The van der Waals surface area contributed by atoms with Crippen molar-refractivity contribution in [1.82, 2.24) is 10.2 Å². The van der Waals surface area contributed by atoms with Crippen LogP contribution in [0, 0.1) is 0 Å². The second kappa shape index (κ2) is 6.61.